The van der Waals surface area contributed by atoms with Crippen molar-refractivity contribution in [3.05, 3.63) is 29.1 Å². The summed E-state index contributed by atoms with van der Waals surface area (Å²) >= 11 is 0. The van der Waals surface area contributed by atoms with Crippen LogP contribution in [0.3, 0.4) is 0 Å². The van der Waals surface area contributed by atoms with Crippen LogP contribution in [0.5, 0.6) is 5.75 Å². The van der Waals surface area contributed by atoms with Gasteiger partial charge in [0.1, 0.15) is 0 Å². The van der Waals surface area contributed by atoms with E-state index in [1.54, 1.807) is 18.2 Å². The van der Waals surface area contributed by atoms with Gasteiger partial charge in [0, 0.05) is 6.07 Å². The molecule has 0 fully saturated rings. The first kappa shape index (κ1) is 5.64. The summed E-state index contributed by atoms with van der Waals surface area (Å²) in [7, 11) is 0. The molecule has 1 N–H and O–H groups in total. The minimum absolute atomic E-state index is 0.111. The summed E-state index contributed by atoms with van der Waals surface area (Å²) in [4.78, 5) is 3.32. The average Bonchev–Trinajstić information content (AvgIpc) is 1.89. The number of phenols is 1. The molecule has 2 heteroatoms. The fourth-order valence-electron chi connectivity index (χ4n) is 0.573. The quantitative estimate of drug-likeness (QED) is 0.556. The molecule has 1 aromatic carbocycles. The second kappa shape index (κ2) is 2.19. The van der Waals surface area contributed by atoms with Crippen LogP contribution in [0.2, 0.25) is 0 Å². The third kappa shape index (κ3) is 1.000. The molecule has 0 spiro atoms. The topological polar surface area (TPSA) is 24.6 Å². The van der Waals surface area contributed by atoms with Crippen LogP contribution in [0.25, 0.3) is 4.85 Å². The van der Waals surface area contributed by atoms with Crippen LogP contribution >= 0.6 is 0 Å². The van der Waals surface area contributed by atoms with Crippen molar-refractivity contribution in [3.8, 4) is 12.3 Å². The SMILES string of the molecule is C#[N+]c1ccccc1O. The molecule has 2 nitrogen and oxygen atoms in total. The summed E-state index contributed by atoms with van der Waals surface area (Å²) in [5.41, 5.74) is 0.414. The first-order valence-electron chi connectivity index (χ1n) is 2.53. The molecule has 9 heavy (non-hydrogen) atoms. The number of nitrogens with zero attached hydrogens (tertiary/aromatic N) is 1. The van der Waals surface area contributed by atoms with Crippen LogP contribution in [0.1, 0.15) is 0 Å². The lowest BCUT2D eigenvalue weighted by Crippen LogP contribution is -1.61. The molecular formula is C7H6NO+. The van der Waals surface area contributed by atoms with Crippen molar-refractivity contribution in [1.82, 2.24) is 0 Å². The Kier molecular flexibility index (Phi) is 1.37. The Labute approximate surface area is 53.2 Å². The predicted molar refractivity (Wildman–Crippen MR) is 36.1 cm³/mol. The standard InChI is InChI=1S/C7H5NO/c1-8-6-4-2-3-5-7(6)9/h1-5H/p+1. The van der Waals surface area contributed by atoms with E-state index in [0.717, 1.165) is 0 Å². The van der Waals surface area contributed by atoms with Gasteiger partial charge in [0.05, 0.1) is 0 Å². The summed E-state index contributed by atoms with van der Waals surface area (Å²) in [6.45, 7) is 4.92. The summed E-state index contributed by atoms with van der Waals surface area (Å²) in [6, 6.07) is 6.64. The van der Waals surface area contributed by atoms with Gasteiger partial charge in [-0.25, -0.2) is 0 Å². The fraction of sp³-hybridized carbons (Fsp3) is 0. The fourth-order valence-corrected chi connectivity index (χ4v) is 0.573. The molecule has 0 aliphatic carbocycles. The Bertz CT molecular complexity index is 249. The summed E-state index contributed by atoms with van der Waals surface area (Å²) in [6.07, 6.45) is 0. The number of hydrogen-bond acceptors (Lipinski definition) is 1. The number of benzene rings is 1. The van der Waals surface area contributed by atoms with Crippen LogP contribution in [-0.4, -0.2) is 5.11 Å². The summed E-state index contributed by atoms with van der Waals surface area (Å²) in [5, 5.41) is 8.94. The van der Waals surface area contributed by atoms with Crippen molar-refractivity contribution in [2.75, 3.05) is 0 Å². The second-order valence-corrected chi connectivity index (χ2v) is 1.62. The van der Waals surface area contributed by atoms with E-state index in [1.807, 2.05) is 0 Å². The Morgan fingerprint density at radius 1 is 1.33 bits per heavy atom. The van der Waals surface area contributed by atoms with E-state index in [1.165, 1.54) is 6.07 Å². The highest BCUT2D eigenvalue weighted by molar-refractivity contribution is 5.56. The number of aromatic hydroxyl groups is 1. The van der Waals surface area contributed by atoms with Gasteiger partial charge in [-0.2, -0.15) is 0 Å². The molecule has 0 bridgehead atoms. The molecule has 0 atom stereocenters. The van der Waals surface area contributed by atoms with Gasteiger partial charge in [0.25, 0.3) is 6.57 Å². The normalized spacial score (nSPS) is 8.33. The summed E-state index contributed by atoms with van der Waals surface area (Å²) < 4.78 is 0. The Balaban J connectivity index is 3.20. The van der Waals surface area contributed by atoms with Crippen molar-refractivity contribution < 1.29 is 5.11 Å². The van der Waals surface area contributed by atoms with Crippen LogP contribution in [0.4, 0.5) is 5.69 Å². The first-order chi connectivity index (χ1) is 4.34. The van der Waals surface area contributed by atoms with Crippen LogP contribution in [-0.2, 0) is 0 Å². The average molecular weight is 120 g/mol. The van der Waals surface area contributed by atoms with E-state index in [0.29, 0.717) is 5.69 Å². The monoisotopic (exact) mass is 120 g/mol. The van der Waals surface area contributed by atoms with E-state index in [2.05, 4.69) is 4.85 Å². The molecule has 0 unspecified atom stereocenters. The number of rotatable bonds is 0. The van der Waals surface area contributed by atoms with Crippen molar-refractivity contribution in [3.63, 3.8) is 0 Å². The lowest BCUT2D eigenvalue weighted by Gasteiger charge is -1.82. The third-order valence-corrected chi connectivity index (χ3v) is 1.02. The minimum Gasteiger partial charge on any atom is -0.501 e. The van der Waals surface area contributed by atoms with Crippen LogP contribution in [0.15, 0.2) is 24.3 Å². The van der Waals surface area contributed by atoms with E-state index in [9.17, 15) is 0 Å². The van der Waals surface area contributed by atoms with E-state index in [4.69, 9.17) is 11.7 Å². The maximum atomic E-state index is 8.94. The Morgan fingerprint density at radius 3 is 2.44 bits per heavy atom. The smallest absolute Gasteiger partial charge is 0.380 e. The van der Waals surface area contributed by atoms with Gasteiger partial charge in [-0.1, -0.05) is 12.1 Å². The molecule has 0 aromatic heterocycles. The van der Waals surface area contributed by atoms with Crippen molar-refractivity contribution in [1.29, 1.82) is 0 Å². The van der Waals surface area contributed by atoms with Crippen LogP contribution in [0, 0.1) is 6.57 Å². The lowest BCUT2D eigenvalue weighted by atomic mass is 10.3. The van der Waals surface area contributed by atoms with E-state index in [-0.39, 0.29) is 5.75 Å². The number of phenolic OH excluding ortho intramolecular Hbond substituents is 1. The number of para-hydroxylation sites is 2. The van der Waals surface area contributed by atoms with E-state index < -0.39 is 0 Å². The zero-order chi connectivity index (χ0) is 6.69. The van der Waals surface area contributed by atoms with Gasteiger partial charge in [-0.05, 0) is 10.9 Å². The predicted octanol–water partition coefficient (Wildman–Crippen LogP) is 1.99. The van der Waals surface area contributed by atoms with Gasteiger partial charge in [0.15, 0.2) is 0 Å². The third-order valence-electron chi connectivity index (χ3n) is 1.02. The molecule has 0 aliphatic rings. The Hall–Kier alpha value is -1.49. The largest absolute Gasteiger partial charge is 0.501 e. The molecule has 1 rings (SSSR count). The van der Waals surface area contributed by atoms with Gasteiger partial charge in [0.2, 0.25) is 5.75 Å². The summed E-state index contributed by atoms with van der Waals surface area (Å²) in [5.74, 6) is 0.111. The highest BCUT2D eigenvalue weighted by Gasteiger charge is 2.04. The molecule has 0 heterocycles. The molecule has 0 aliphatic heterocycles. The maximum absolute atomic E-state index is 8.94. The molecule has 0 saturated carbocycles. The van der Waals surface area contributed by atoms with Crippen molar-refractivity contribution in [2.24, 2.45) is 0 Å². The molecule has 0 amide bonds. The molecule has 0 radical (unpaired) electrons. The van der Waals surface area contributed by atoms with Gasteiger partial charge in [-0.15, -0.1) is 0 Å². The Morgan fingerprint density at radius 2 is 2.00 bits per heavy atom. The zero-order valence-electron chi connectivity index (χ0n) is 4.78. The van der Waals surface area contributed by atoms with Gasteiger partial charge < -0.3 is 5.11 Å². The minimum atomic E-state index is 0.111. The van der Waals surface area contributed by atoms with Crippen molar-refractivity contribution >= 4 is 5.69 Å². The van der Waals surface area contributed by atoms with Gasteiger partial charge in [-0.3, -0.25) is 0 Å². The molecule has 1 aromatic rings. The van der Waals surface area contributed by atoms with Crippen LogP contribution < -0.4 is 0 Å². The van der Waals surface area contributed by atoms with E-state index >= 15 is 0 Å². The molecular weight excluding hydrogens is 114 g/mol. The van der Waals surface area contributed by atoms with Gasteiger partial charge >= 0.3 is 5.69 Å². The number of hydrogen-bond donors (Lipinski definition) is 1. The highest BCUT2D eigenvalue weighted by atomic mass is 16.3. The maximum Gasteiger partial charge on any atom is 0.380 e. The highest BCUT2D eigenvalue weighted by Crippen LogP contribution is 2.23. The first-order valence-corrected chi connectivity index (χ1v) is 2.53. The second-order valence-electron chi connectivity index (χ2n) is 1.62. The molecule has 44 valence electrons. The zero-order valence-corrected chi connectivity index (χ0v) is 4.78. The molecule has 0 saturated heterocycles. The lowest BCUT2D eigenvalue weighted by molar-refractivity contribution is 0.478. The van der Waals surface area contributed by atoms with Crippen molar-refractivity contribution in [2.45, 2.75) is 0 Å².